The fraction of sp³-hybridized carbons (Fsp3) is 0.379. The van der Waals surface area contributed by atoms with Crippen molar-refractivity contribution in [2.45, 2.75) is 48.1 Å². The van der Waals surface area contributed by atoms with Crippen LogP contribution in [-0.4, -0.2) is 74.7 Å². The molecule has 4 rings (SSSR count). The van der Waals surface area contributed by atoms with Crippen LogP contribution in [0.3, 0.4) is 0 Å². The zero-order valence-electron chi connectivity index (χ0n) is 21.7. The lowest BCUT2D eigenvalue weighted by atomic mass is 9.89. The molecule has 10 heteroatoms. The second kappa shape index (κ2) is 12.7. The molecule has 1 unspecified atom stereocenters. The Morgan fingerprint density at radius 3 is 2.28 bits per heavy atom. The number of benzene rings is 3. The molecule has 0 amide bonds. The lowest BCUT2D eigenvalue weighted by molar-refractivity contribution is -0.132. The van der Waals surface area contributed by atoms with Crippen molar-refractivity contribution in [3.8, 4) is 11.5 Å². The fourth-order valence-electron chi connectivity index (χ4n) is 4.56. The van der Waals surface area contributed by atoms with E-state index in [-0.39, 0.29) is 24.7 Å². The Bertz CT molecular complexity index is 1220. The third-order valence-corrected chi connectivity index (χ3v) is 8.34. The molecule has 6 N–H and O–H groups in total. The second-order valence-corrected chi connectivity index (χ2v) is 10.9. The van der Waals surface area contributed by atoms with Crippen molar-refractivity contribution in [3.63, 3.8) is 0 Å². The normalized spacial score (nSPS) is 25.7. The van der Waals surface area contributed by atoms with Crippen LogP contribution in [0.15, 0.2) is 66.7 Å². The SMILES string of the molecule is COCOc1ccc(C(O)c2cc([C@]3(O)S[C@H](CO)[C@@H](O)[C@H](O)[C@H]3O)c(OCc3ccccc3)cc2C)cc1. The number of aliphatic hydroxyl groups excluding tert-OH is 5. The number of aliphatic hydroxyl groups is 6. The quantitative estimate of drug-likeness (QED) is 0.204. The van der Waals surface area contributed by atoms with Crippen molar-refractivity contribution in [1.29, 1.82) is 0 Å². The number of ether oxygens (including phenoxy) is 3. The first-order valence-corrected chi connectivity index (χ1v) is 13.3. The van der Waals surface area contributed by atoms with Gasteiger partial charge in [0.15, 0.2) is 11.7 Å². The van der Waals surface area contributed by atoms with Crippen molar-refractivity contribution >= 4 is 11.8 Å². The average molecular weight is 559 g/mol. The molecule has 1 aliphatic heterocycles. The van der Waals surface area contributed by atoms with Crippen molar-refractivity contribution < 1.29 is 44.8 Å². The first kappa shape index (κ1) is 29.3. The van der Waals surface area contributed by atoms with Crippen molar-refractivity contribution in [3.05, 3.63) is 94.5 Å². The Hall–Kier alpha value is -2.67. The number of rotatable bonds is 10. The van der Waals surface area contributed by atoms with Gasteiger partial charge in [0, 0.05) is 12.7 Å². The summed E-state index contributed by atoms with van der Waals surface area (Å²) in [5, 5.41) is 63.8. The summed E-state index contributed by atoms with van der Waals surface area (Å²) in [5.74, 6) is 0.790. The Balaban J connectivity index is 1.75. The maximum absolute atomic E-state index is 11.8. The van der Waals surface area contributed by atoms with Gasteiger partial charge < -0.3 is 44.8 Å². The van der Waals surface area contributed by atoms with Crippen LogP contribution in [0.5, 0.6) is 11.5 Å². The summed E-state index contributed by atoms with van der Waals surface area (Å²) in [6, 6.07) is 19.4. The number of hydrogen-bond donors (Lipinski definition) is 6. The van der Waals surface area contributed by atoms with Gasteiger partial charge in [0.1, 0.15) is 36.4 Å². The van der Waals surface area contributed by atoms with Gasteiger partial charge in [-0.1, -0.05) is 42.5 Å². The van der Waals surface area contributed by atoms with Gasteiger partial charge in [-0.25, -0.2) is 0 Å². The minimum atomic E-state index is -2.17. The van der Waals surface area contributed by atoms with Crippen molar-refractivity contribution in [1.82, 2.24) is 0 Å². The topological polar surface area (TPSA) is 149 Å². The van der Waals surface area contributed by atoms with Gasteiger partial charge in [0.2, 0.25) is 0 Å². The lowest BCUT2D eigenvalue weighted by Crippen LogP contribution is -2.58. The Labute approximate surface area is 231 Å². The summed E-state index contributed by atoms with van der Waals surface area (Å²) >= 11 is 0.730. The minimum absolute atomic E-state index is 0.0861. The molecule has 6 atom stereocenters. The highest BCUT2D eigenvalue weighted by atomic mass is 32.2. The zero-order valence-corrected chi connectivity index (χ0v) is 22.5. The third-order valence-electron chi connectivity index (χ3n) is 6.79. The summed E-state index contributed by atoms with van der Waals surface area (Å²) in [5.41, 5.74) is 2.62. The van der Waals surface area contributed by atoms with Gasteiger partial charge in [0.25, 0.3) is 0 Å². The molecule has 210 valence electrons. The molecule has 0 spiro atoms. The molecule has 1 aliphatic rings. The molecule has 0 aliphatic carbocycles. The Morgan fingerprint density at radius 1 is 0.949 bits per heavy atom. The molecule has 0 bridgehead atoms. The summed E-state index contributed by atoms with van der Waals surface area (Å²) in [4.78, 5) is -2.17. The monoisotopic (exact) mass is 558 g/mol. The molecule has 0 aromatic heterocycles. The molecule has 0 radical (unpaired) electrons. The first-order chi connectivity index (χ1) is 18.7. The largest absolute Gasteiger partial charge is 0.488 e. The van der Waals surface area contributed by atoms with E-state index in [9.17, 15) is 30.6 Å². The van der Waals surface area contributed by atoms with Gasteiger partial charge in [-0.05, 0) is 53.4 Å². The molecule has 1 heterocycles. The van der Waals surface area contributed by atoms with Crippen molar-refractivity contribution in [2.24, 2.45) is 0 Å². The zero-order chi connectivity index (χ0) is 28.2. The van der Waals surface area contributed by atoms with E-state index >= 15 is 0 Å². The predicted molar refractivity (Wildman–Crippen MR) is 145 cm³/mol. The summed E-state index contributed by atoms with van der Waals surface area (Å²) < 4.78 is 16.4. The highest BCUT2D eigenvalue weighted by molar-refractivity contribution is 8.00. The summed E-state index contributed by atoms with van der Waals surface area (Å²) in [6.07, 6.45) is -6.12. The van der Waals surface area contributed by atoms with Crippen LogP contribution < -0.4 is 9.47 Å². The predicted octanol–water partition coefficient (Wildman–Crippen LogP) is 1.97. The van der Waals surface area contributed by atoms with Gasteiger partial charge in [-0.3, -0.25) is 0 Å². The van der Waals surface area contributed by atoms with E-state index in [1.807, 2.05) is 30.3 Å². The van der Waals surface area contributed by atoms with Crippen LogP contribution in [0.4, 0.5) is 0 Å². The van der Waals surface area contributed by atoms with Crippen LogP contribution >= 0.6 is 11.8 Å². The summed E-state index contributed by atoms with van der Waals surface area (Å²) in [7, 11) is 1.52. The second-order valence-electron chi connectivity index (χ2n) is 9.46. The molecule has 1 saturated heterocycles. The van der Waals surface area contributed by atoms with Gasteiger partial charge >= 0.3 is 0 Å². The van der Waals surface area contributed by atoms with Crippen LogP contribution in [0.2, 0.25) is 0 Å². The average Bonchev–Trinajstić information content (AvgIpc) is 2.96. The smallest absolute Gasteiger partial charge is 0.188 e. The highest BCUT2D eigenvalue weighted by Crippen LogP contribution is 2.50. The number of thioether (sulfide) groups is 1. The standard InChI is InChI=1S/C29H34O9S/c1-17-12-23(37-15-18-6-4-3-5-7-18)22(29(35)28(34)27(33)26(32)24(14-30)39-29)13-21(17)25(31)19-8-10-20(11-9-19)38-16-36-2/h3-13,24-28,30-35H,14-16H2,1-2H3/t24-,25?,26-,27+,28-,29+/m1/s1. The maximum atomic E-state index is 11.8. The van der Waals surface area contributed by atoms with Crippen LogP contribution in [0, 0.1) is 6.92 Å². The molecular weight excluding hydrogens is 524 g/mol. The molecule has 1 fully saturated rings. The minimum Gasteiger partial charge on any atom is -0.488 e. The van der Waals surface area contributed by atoms with E-state index < -0.39 is 41.2 Å². The van der Waals surface area contributed by atoms with E-state index in [0.29, 0.717) is 22.4 Å². The van der Waals surface area contributed by atoms with Crippen LogP contribution in [0.1, 0.15) is 33.9 Å². The maximum Gasteiger partial charge on any atom is 0.188 e. The van der Waals surface area contributed by atoms with Gasteiger partial charge in [-0.15, -0.1) is 11.8 Å². The third kappa shape index (κ3) is 6.24. The lowest BCUT2D eigenvalue weighted by Gasteiger charge is -2.45. The van der Waals surface area contributed by atoms with Crippen LogP contribution in [-0.2, 0) is 16.3 Å². The molecule has 9 nitrogen and oxygen atoms in total. The van der Waals surface area contributed by atoms with Gasteiger partial charge in [0.05, 0.1) is 18.0 Å². The molecular formula is C29H34O9S. The number of hydrogen-bond acceptors (Lipinski definition) is 10. The van der Waals surface area contributed by atoms with Gasteiger partial charge in [-0.2, -0.15) is 0 Å². The van der Waals surface area contributed by atoms with E-state index in [0.717, 1.165) is 17.3 Å². The number of methoxy groups -OCH3 is 1. The van der Waals surface area contributed by atoms with Crippen molar-refractivity contribution in [2.75, 3.05) is 20.5 Å². The molecule has 39 heavy (non-hydrogen) atoms. The van der Waals surface area contributed by atoms with E-state index in [1.165, 1.54) is 13.2 Å². The summed E-state index contributed by atoms with van der Waals surface area (Å²) in [6.45, 7) is 1.49. The molecule has 3 aromatic carbocycles. The first-order valence-electron chi connectivity index (χ1n) is 12.5. The van der Waals surface area contributed by atoms with Crippen LogP contribution in [0.25, 0.3) is 0 Å². The van der Waals surface area contributed by atoms with E-state index in [2.05, 4.69) is 0 Å². The fourth-order valence-corrected chi connectivity index (χ4v) is 5.96. The highest BCUT2D eigenvalue weighted by Gasteiger charge is 2.54. The molecule has 3 aromatic rings. The molecule has 0 saturated carbocycles. The Kier molecular flexibility index (Phi) is 9.52. The van der Waals surface area contributed by atoms with E-state index in [1.54, 1.807) is 37.3 Å². The Morgan fingerprint density at radius 2 is 1.64 bits per heavy atom. The van der Waals surface area contributed by atoms with E-state index in [4.69, 9.17) is 14.2 Å². The number of aryl methyl sites for hydroxylation is 1.